The van der Waals surface area contributed by atoms with Crippen LogP contribution in [0, 0.1) is 29.0 Å². The number of Topliss-reactive ketones (excluding diaryl/α,β-unsaturated/α-hetero) is 4. The number of aromatic hydroxyl groups is 1. The highest BCUT2D eigenvalue weighted by molar-refractivity contribution is 6.32. The summed E-state index contributed by atoms with van der Waals surface area (Å²) in [5, 5.41) is 21.8. The first-order valence-electron chi connectivity index (χ1n) is 10.3. The third-order valence-electron chi connectivity index (χ3n) is 7.47. The monoisotopic (exact) mass is 461 g/mol. The van der Waals surface area contributed by atoms with Crippen molar-refractivity contribution in [3.05, 3.63) is 23.0 Å². The Kier molecular flexibility index (Phi) is 4.81. The summed E-state index contributed by atoms with van der Waals surface area (Å²) in [6.07, 6.45) is -0.361. The molecular weight excluding hydrogens is 437 g/mol. The number of benzene rings is 1. The van der Waals surface area contributed by atoms with Crippen molar-refractivity contribution in [2.45, 2.75) is 31.4 Å². The van der Waals surface area contributed by atoms with Crippen LogP contribution in [0.15, 0.2) is 6.07 Å². The molecule has 3 aliphatic carbocycles. The van der Waals surface area contributed by atoms with E-state index in [0.29, 0.717) is 0 Å². The maximum absolute atomic E-state index is 14.7. The molecule has 0 bridgehead atoms. The molecule has 0 radical (unpaired) electrons. The van der Waals surface area contributed by atoms with Gasteiger partial charge in [-0.2, -0.15) is 0 Å². The van der Waals surface area contributed by atoms with Gasteiger partial charge in [0.15, 0.2) is 34.7 Å². The van der Waals surface area contributed by atoms with E-state index in [1.807, 2.05) is 0 Å². The van der Waals surface area contributed by atoms with E-state index in [2.05, 4.69) is 0 Å². The summed E-state index contributed by atoms with van der Waals surface area (Å²) in [7, 11) is 2.97. The normalized spacial score (nSPS) is 35.8. The summed E-state index contributed by atoms with van der Waals surface area (Å²) >= 11 is 0. The van der Waals surface area contributed by atoms with Gasteiger partial charge in [-0.3, -0.25) is 28.9 Å². The largest absolute Gasteiger partial charge is 0.505 e. The Morgan fingerprint density at radius 3 is 2.36 bits per heavy atom. The number of nitrogens with zero attached hydrogens (tertiary/aromatic N) is 1. The lowest BCUT2D eigenvalue weighted by Crippen LogP contribution is -2.75. The Hall–Kier alpha value is -3.18. The van der Waals surface area contributed by atoms with Crippen LogP contribution in [0.25, 0.3) is 0 Å². The first kappa shape index (κ1) is 23.0. The van der Waals surface area contributed by atoms with E-state index in [0.717, 1.165) is 6.07 Å². The molecule has 176 valence electrons. The Morgan fingerprint density at radius 1 is 1.21 bits per heavy atom. The lowest BCUT2D eigenvalue weighted by Gasteiger charge is -2.56. The van der Waals surface area contributed by atoms with Crippen LogP contribution in [0.3, 0.4) is 0 Å². The van der Waals surface area contributed by atoms with E-state index in [9.17, 15) is 38.6 Å². The Labute approximate surface area is 187 Å². The molecule has 1 amide bonds. The van der Waals surface area contributed by atoms with Crippen LogP contribution in [-0.2, 0) is 25.6 Å². The predicted molar refractivity (Wildman–Crippen MR) is 110 cm³/mol. The molecule has 33 heavy (non-hydrogen) atoms. The van der Waals surface area contributed by atoms with Crippen LogP contribution in [-0.4, -0.2) is 69.9 Å². The standard InChI is InChI=1S/C22H24FN3O7/c1-21-5-7-9(23)4-10(24)15(27)11(7)16(28)13(21)19(31)22(33)8(6-21)14(26(2)3)17(29)12(18(22)30)20(25)32/h4,8,12-14,27,33H,5-6,24H2,1-3H3,(H2,25,32). The SMILES string of the molecule is CN(C)C1C(=O)C(C(N)=O)C(=O)C2(O)C(=O)C3C(=O)c4c(O)c(N)cc(F)c4CC3(C)CC12. The summed E-state index contributed by atoms with van der Waals surface area (Å²) in [4.78, 5) is 66.6. The van der Waals surface area contributed by atoms with Gasteiger partial charge in [-0.05, 0) is 32.4 Å². The fraction of sp³-hybridized carbons (Fsp3) is 0.500. The minimum atomic E-state index is -2.84. The average molecular weight is 461 g/mol. The van der Waals surface area contributed by atoms with Gasteiger partial charge in [-0.25, -0.2) is 4.39 Å². The molecule has 0 heterocycles. The van der Waals surface area contributed by atoms with Gasteiger partial charge >= 0.3 is 0 Å². The number of amides is 1. The van der Waals surface area contributed by atoms with Crippen LogP contribution in [0.4, 0.5) is 10.1 Å². The van der Waals surface area contributed by atoms with Crippen LogP contribution >= 0.6 is 0 Å². The number of primary amides is 1. The summed E-state index contributed by atoms with van der Waals surface area (Å²) in [6.45, 7) is 1.53. The molecule has 1 aromatic carbocycles. The van der Waals surface area contributed by atoms with Crippen molar-refractivity contribution in [1.29, 1.82) is 0 Å². The van der Waals surface area contributed by atoms with Gasteiger partial charge in [0.25, 0.3) is 0 Å². The number of rotatable bonds is 2. The molecule has 2 saturated carbocycles. The molecule has 1 aromatic rings. The van der Waals surface area contributed by atoms with Crippen molar-refractivity contribution >= 4 is 34.7 Å². The van der Waals surface area contributed by atoms with E-state index in [4.69, 9.17) is 11.5 Å². The average Bonchev–Trinajstić information content (AvgIpc) is 2.68. The quantitative estimate of drug-likeness (QED) is 0.243. The first-order chi connectivity index (χ1) is 15.2. The number of phenolic OH excluding ortho intramolecular Hbond substituents is 1. The van der Waals surface area contributed by atoms with E-state index >= 15 is 0 Å². The van der Waals surface area contributed by atoms with Gasteiger partial charge < -0.3 is 21.7 Å². The second-order valence-electron chi connectivity index (χ2n) is 9.73. The number of anilines is 1. The molecule has 0 saturated heterocycles. The maximum Gasteiger partial charge on any atom is 0.235 e. The van der Waals surface area contributed by atoms with Gasteiger partial charge in [-0.1, -0.05) is 6.92 Å². The number of halogens is 1. The lowest BCUT2D eigenvalue weighted by atomic mass is 9.47. The number of phenols is 1. The lowest BCUT2D eigenvalue weighted by molar-refractivity contribution is -0.185. The van der Waals surface area contributed by atoms with E-state index in [-0.39, 0.29) is 18.4 Å². The summed E-state index contributed by atoms with van der Waals surface area (Å²) in [5.41, 5.74) is 5.73. The zero-order valence-corrected chi connectivity index (χ0v) is 18.2. The molecule has 2 fully saturated rings. The number of likely N-dealkylation sites (N-methyl/N-ethyl adjacent to an activating group) is 1. The molecular formula is C22H24FN3O7. The van der Waals surface area contributed by atoms with Crippen molar-refractivity contribution in [3.8, 4) is 5.75 Å². The van der Waals surface area contributed by atoms with Crippen molar-refractivity contribution in [1.82, 2.24) is 4.90 Å². The van der Waals surface area contributed by atoms with Crippen LogP contribution in [0.2, 0.25) is 0 Å². The molecule has 0 aromatic heterocycles. The Balaban J connectivity index is 1.95. The zero-order valence-electron chi connectivity index (χ0n) is 18.2. The highest BCUT2D eigenvalue weighted by atomic mass is 19.1. The number of fused-ring (bicyclic) bond motifs is 3. The van der Waals surface area contributed by atoms with Gasteiger partial charge in [0.05, 0.1) is 23.2 Å². The fourth-order valence-electron chi connectivity index (χ4n) is 6.03. The molecule has 6 unspecified atom stereocenters. The topological polar surface area (TPSA) is 181 Å². The number of hydrogen-bond acceptors (Lipinski definition) is 9. The van der Waals surface area contributed by atoms with E-state index < -0.39 is 86.7 Å². The van der Waals surface area contributed by atoms with E-state index in [1.54, 1.807) is 0 Å². The second-order valence-corrected chi connectivity index (χ2v) is 9.73. The molecule has 11 heteroatoms. The summed E-state index contributed by atoms with van der Waals surface area (Å²) < 4.78 is 14.7. The van der Waals surface area contributed by atoms with Crippen LogP contribution < -0.4 is 11.5 Å². The number of hydrogen-bond donors (Lipinski definition) is 4. The number of carbonyl (C=O) groups is 5. The molecule has 3 aliphatic rings. The predicted octanol–water partition coefficient (Wildman–Crippen LogP) is -1.02. The molecule has 6 N–H and O–H groups in total. The van der Waals surface area contributed by atoms with Crippen molar-refractivity contribution in [3.63, 3.8) is 0 Å². The molecule has 10 nitrogen and oxygen atoms in total. The molecule has 0 aliphatic heterocycles. The van der Waals surface area contributed by atoms with Crippen LogP contribution in [0.1, 0.15) is 29.3 Å². The molecule has 4 rings (SSSR count). The number of nitrogens with two attached hydrogens (primary N) is 2. The van der Waals surface area contributed by atoms with Gasteiger partial charge in [0, 0.05) is 17.5 Å². The smallest absolute Gasteiger partial charge is 0.235 e. The Morgan fingerprint density at radius 2 is 1.82 bits per heavy atom. The number of aliphatic hydroxyl groups is 1. The third-order valence-corrected chi connectivity index (χ3v) is 7.47. The van der Waals surface area contributed by atoms with Crippen molar-refractivity contribution < 1.29 is 38.6 Å². The fourth-order valence-corrected chi connectivity index (χ4v) is 6.03. The number of nitrogen functional groups attached to an aromatic ring is 1. The minimum absolute atomic E-state index is 0.131. The summed E-state index contributed by atoms with van der Waals surface area (Å²) in [6, 6.07) is -0.354. The maximum atomic E-state index is 14.7. The Bertz CT molecular complexity index is 1170. The van der Waals surface area contributed by atoms with Crippen molar-refractivity contribution in [2.75, 3.05) is 19.8 Å². The van der Waals surface area contributed by atoms with Crippen molar-refractivity contribution in [2.24, 2.45) is 28.9 Å². The highest BCUT2D eigenvalue weighted by Gasteiger charge is 2.71. The first-order valence-corrected chi connectivity index (χ1v) is 10.3. The van der Waals surface area contributed by atoms with Crippen LogP contribution in [0.5, 0.6) is 5.75 Å². The van der Waals surface area contributed by atoms with Gasteiger partial charge in [-0.15, -0.1) is 0 Å². The minimum Gasteiger partial charge on any atom is -0.505 e. The second kappa shape index (κ2) is 6.91. The zero-order chi connectivity index (χ0) is 24.8. The third kappa shape index (κ3) is 2.75. The number of carbonyl (C=O) groups excluding carboxylic acids is 5. The molecule has 0 spiro atoms. The molecule has 6 atom stereocenters. The highest BCUT2D eigenvalue weighted by Crippen LogP contribution is 2.56. The van der Waals surface area contributed by atoms with E-state index in [1.165, 1.54) is 25.9 Å². The number of ketones is 4. The van der Waals surface area contributed by atoms with Gasteiger partial charge in [0.1, 0.15) is 11.6 Å². The van der Waals surface area contributed by atoms with Gasteiger partial charge in [0.2, 0.25) is 5.91 Å². The summed E-state index contributed by atoms with van der Waals surface area (Å²) in [5.74, 6) is -12.2.